The first kappa shape index (κ1) is 24.3. The van der Waals surface area contributed by atoms with E-state index < -0.39 is 11.7 Å². The Hall–Kier alpha value is -2.85. The first-order valence-corrected chi connectivity index (χ1v) is 11.7. The van der Waals surface area contributed by atoms with Crippen LogP contribution in [0.5, 0.6) is 0 Å². The zero-order valence-electron chi connectivity index (χ0n) is 18.8. The predicted molar refractivity (Wildman–Crippen MR) is 132 cm³/mol. The van der Waals surface area contributed by atoms with Gasteiger partial charge in [-0.05, 0) is 54.5 Å². The molecule has 34 heavy (non-hydrogen) atoms. The summed E-state index contributed by atoms with van der Waals surface area (Å²) in [5, 5.41) is 9.07. The minimum Gasteiger partial charge on any atom is -0.378 e. The number of benzene rings is 2. The lowest BCUT2D eigenvalue weighted by atomic mass is 9.94. The molecule has 1 saturated heterocycles. The number of anilines is 4. The number of nitrogens with one attached hydrogen (secondary N) is 3. The van der Waals surface area contributed by atoms with Crippen LogP contribution >= 0.6 is 12.2 Å². The number of thiocarbonyl (C=S) groups is 1. The van der Waals surface area contributed by atoms with Crippen molar-refractivity contribution in [1.29, 1.82) is 0 Å². The number of morpholine rings is 1. The number of alkyl halides is 3. The first-order valence-electron chi connectivity index (χ1n) is 11.3. The van der Waals surface area contributed by atoms with Crippen molar-refractivity contribution in [3.05, 3.63) is 47.5 Å². The third kappa shape index (κ3) is 5.44. The molecule has 6 nitrogen and oxygen atoms in total. The van der Waals surface area contributed by atoms with Crippen LogP contribution in [0.15, 0.2) is 36.4 Å². The number of hydrogen-bond acceptors (Lipinski definition) is 4. The van der Waals surface area contributed by atoms with E-state index in [0.29, 0.717) is 32.0 Å². The molecule has 1 unspecified atom stereocenters. The van der Waals surface area contributed by atoms with Gasteiger partial charge in [-0.3, -0.25) is 4.79 Å². The molecule has 1 amide bonds. The molecule has 0 aromatic heterocycles. The van der Waals surface area contributed by atoms with E-state index in [-0.39, 0.29) is 22.6 Å². The third-order valence-electron chi connectivity index (χ3n) is 6.01. The molecule has 2 heterocycles. The Bertz CT molecular complexity index is 1070. The van der Waals surface area contributed by atoms with E-state index in [1.807, 2.05) is 12.1 Å². The van der Waals surface area contributed by atoms with Gasteiger partial charge in [-0.2, -0.15) is 13.2 Å². The number of amides is 1. The van der Waals surface area contributed by atoms with Crippen LogP contribution in [-0.2, 0) is 15.7 Å². The topological polar surface area (TPSA) is 65.6 Å². The van der Waals surface area contributed by atoms with Gasteiger partial charge in [-0.25, -0.2) is 0 Å². The molecule has 0 spiro atoms. The van der Waals surface area contributed by atoms with Gasteiger partial charge in [0.05, 0.1) is 36.1 Å². The van der Waals surface area contributed by atoms with Gasteiger partial charge in [0.25, 0.3) is 0 Å². The van der Waals surface area contributed by atoms with E-state index in [2.05, 4.69) is 27.8 Å². The molecule has 4 rings (SSSR count). The van der Waals surface area contributed by atoms with Gasteiger partial charge in [0, 0.05) is 24.5 Å². The van der Waals surface area contributed by atoms with Crippen LogP contribution in [0.1, 0.15) is 43.2 Å². The normalized spacial score (nSPS) is 17.8. The van der Waals surface area contributed by atoms with Crippen LogP contribution in [0, 0.1) is 0 Å². The van der Waals surface area contributed by atoms with E-state index in [0.717, 1.165) is 48.3 Å². The van der Waals surface area contributed by atoms with Gasteiger partial charge >= 0.3 is 6.18 Å². The zero-order chi connectivity index (χ0) is 24.3. The highest BCUT2D eigenvalue weighted by molar-refractivity contribution is 7.80. The molecule has 182 valence electrons. The smallest absolute Gasteiger partial charge is 0.378 e. The quantitative estimate of drug-likeness (QED) is 0.458. The lowest BCUT2D eigenvalue weighted by Gasteiger charge is -2.31. The van der Waals surface area contributed by atoms with Gasteiger partial charge in [-0.1, -0.05) is 25.8 Å². The molecule has 0 radical (unpaired) electrons. The van der Waals surface area contributed by atoms with Gasteiger partial charge in [0.2, 0.25) is 5.91 Å². The van der Waals surface area contributed by atoms with E-state index in [9.17, 15) is 18.0 Å². The van der Waals surface area contributed by atoms with Crippen molar-refractivity contribution in [3.63, 3.8) is 0 Å². The fraction of sp³-hybridized carbons (Fsp3) is 0.417. The van der Waals surface area contributed by atoms with E-state index in [1.54, 1.807) is 0 Å². The fourth-order valence-electron chi connectivity index (χ4n) is 4.28. The highest BCUT2D eigenvalue weighted by Gasteiger charge is 2.33. The maximum absolute atomic E-state index is 13.1. The van der Waals surface area contributed by atoms with Gasteiger partial charge in [0.15, 0.2) is 5.11 Å². The number of carbonyl (C=O) groups is 1. The average molecular weight is 493 g/mol. The van der Waals surface area contributed by atoms with E-state index in [1.165, 1.54) is 12.1 Å². The van der Waals surface area contributed by atoms with Crippen LogP contribution in [-0.4, -0.2) is 37.3 Å². The number of fused-ring (bicyclic) bond motifs is 1. The fourth-order valence-corrected chi connectivity index (χ4v) is 4.51. The molecule has 1 atom stereocenters. The number of unbranched alkanes of at least 4 members (excludes halogenated alkanes) is 1. The largest absolute Gasteiger partial charge is 0.416 e. The highest BCUT2D eigenvalue weighted by Crippen LogP contribution is 2.42. The Morgan fingerprint density at radius 1 is 1.21 bits per heavy atom. The minimum atomic E-state index is -4.44. The molecule has 0 aliphatic carbocycles. The molecule has 2 aliphatic heterocycles. The van der Waals surface area contributed by atoms with Crippen molar-refractivity contribution in [2.24, 2.45) is 0 Å². The second kappa shape index (κ2) is 10.2. The molecule has 10 heteroatoms. The SMILES string of the molecule is CCCCC1C(=O)Nc2cc(NC(=S)Nc3cccc(C(F)(F)F)c3)c(N3CCOCC3)cc21. The zero-order valence-corrected chi connectivity index (χ0v) is 19.6. The lowest BCUT2D eigenvalue weighted by molar-refractivity contribution is -0.137. The molecule has 2 aliphatic rings. The van der Waals surface area contributed by atoms with Gasteiger partial charge < -0.3 is 25.6 Å². The van der Waals surface area contributed by atoms with Crippen LogP contribution in [0.2, 0.25) is 0 Å². The molecule has 3 N–H and O–H groups in total. The summed E-state index contributed by atoms with van der Waals surface area (Å²) in [6.45, 7) is 4.63. The average Bonchev–Trinajstić information content (AvgIpc) is 3.11. The summed E-state index contributed by atoms with van der Waals surface area (Å²) in [7, 11) is 0. The summed E-state index contributed by atoms with van der Waals surface area (Å²) in [5.41, 5.74) is 2.71. The Balaban J connectivity index is 1.60. The van der Waals surface area contributed by atoms with Crippen molar-refractivity contribution in [2.45, 2.75) is 38.3 Å². The molecular formula is C24H27F3N4O2S. The van der Waals surface area contributed by atoms with Crippen molar-refractivity contribution in [1.82, 2.24) is 0 Å². The number of rotatable bonds is 6. The third-order valence-corrected chi connectivity index (χ3v) is 6.22. The summed E-state index contributed by atoms with van der Waals surface area (Å²) in [6.07, 6.45) is -1.71. The number of ether oxygens (including phenoxy) is 1. The Morgan fingerprint density at radius 2 is 1.97 bits per heavy atom. The summed E-state index contributed by atoms with van der Waals surface area (Å²) in [6, 6.07) is 8.74. The highest BCUT2D eigenvalue weighted by atomic mass is 32.1. The molecule has 0 bridgehead atoms. The molecule has 2 aromatic rings. The maximum atomic E-state index is 13.1. The number of hydrogen-bond donors (Lipinski definition) is 3. The standard InChI is InChI=1S/C24H27F3N4O2S/c1-2-3-7-17-18-13-21(31-8-10-33-11-9-31)20(14-19(18)29-22(17)32)30-23(34)28-16-6-4-5-15(12-16)24(25,26)27/h4-6,12-14,17H,2-3,7-11H2,1H3,(H,29,32)(H2,28,30,34). The van der Waals surface area contributed by atoms with Crippen LogP contribution in [0.3, 0.4) is 0 Å². The number of halogens is 3. The molecule has 0 saturated carbocycles. The summed E-state index contributed by atoms with van der Waals surface area (Å²) >= 11 is 5.41. The molecule has 2 aromatic carbocycles. The number of carbonyl (C=O) groups excluding carboxylic acids is 1. The van der Waals surface area contributed by atoms with Crippen molar-refractivity contribution in [2.75, 3.05) is 47.2 Å². The van der Waals surface area contributed by atoms with Crippen LogP contribution < -0.4 is 20.9 Å². The van der Waals surface area contributed by atoms with E-state index >= 15 is 0 Å². The Morgan fingerprint density at radius 3 is 2.68 bits per heavy atom. The van der Waals surface area contributed by atoms with Crippen molar-refractivity contribution < 1.29 is 22.7 Å². The van der Waals surface area contributed by atoms with Crippen molar-refractivity contribution in [3.8, 4) is 0 Å². The van der Waals surface area contributed by atoms with Crippen molar-refractivity contribution >= 4 is 46.0 Å². The van der Waals surface area contributed by atoms with Crippen LogP contribution in [0.25, 0.3) is 0 Å². The predicted octanol–water partition coefficient (Wildman–Crippen LogP) is 5.58. The Kier molecular flexibility index (Phi) is 7.27. The second-order valence-electron chi connectivity index (χ2n) is 8.40. The first-order chi connectivity index (χ1) is 16.3. The summed E-state index contributed by atoms with van der Waals surface area (Å²) in [4.78, 5) is 14.8. The monoisotopic (exact) mass is 492 g/mol. The number of nitrogens with zero attached hydrogens (tertiary/aromatic N) is 1. The summed E-state index contributed by atoms with van der Waals surface area (Å²) < 4.78 is 44.6. The molecular weight excluding hydrogens is 465 g/mol. The molecule has 1 fully saturated rings. The van der Waals surface area contributed by atoms with E-state index in [4.69, 9.17) is 17.0 Å². The maximum Gasteiger partial charge on any atom is 0.416 e. The van der Waals surface area contributed by atoms with Gasteiger partial charge in [-0.15, -0.1) is 0 Å². The van der Waals surface area contributed by atoms with Gasteiger partial charge in [0.1, 0.15) is 0 Å². The second-order valence-corrected chi connectivity index (χ2v) is 8.81. The summed E-state index contributed by atoms with van der Waals surface area (Å²) in [5.74, 6) is -0.211. The Labute approximate surface area is 201 Å². The van der Waals surface area contributed by atoms with Crippen LogP contribution in [0.4, 0.5) is 35.9 Å². The lowest BCUT2D eigenvalue weighted by Crippen LogP contribution is -2.37. The minimum absolute atomic E-state index is 0.0156.